The molecule has 0 saturated carbocycles. The lowest BCUT2D eigenvalue weighted by Crippen LogP contribution is -2.11. The molecule has 1 nitrogen and oxygen atoms in total. The largest absolute Gasteiger partial charge is 0.320 e. The number of aryl methyl sites for hydroxylation is 3. The third kappa shape index (κ3) is 2.62. The molecule has 0 amide bonds. The molecule has 2 aromatic rings. The van der Waals surface area contributed by atoms with Crippen molar-refractivity contribution in [3.8, 4) is 0 Å². The highest BCUT2D eigenvalue weighted by Gasteiger charge is 2.14. The summed E-state index contributed by atoms with van der Waals surface area (Å²) in [5.74, 6) is 0. The predicted octanol–water partition coefficient (Wildman–Crippen LogP) is 4.48. The summed E-state index contributed by atoms with van der Waals surface area (Å²) in [7, 11) is 0. The van der Waals surface area contributed by atoms with Gasteiger partial charge in [-0.1, -0.05) is 28.1 Å². The Balaban J connectivity index is 2.40. The van der Waals surface area contributed by atoms with Crippen molar-refractivity contribution in [3.05, 3.63) is 55.2 Å². The number of benzene rings is 1. The minimum absolute atomic E-state index is 0.0134. The average Bonchev–Trinajstić information content (AvgIpc) is 2.61. The van der Waals surface area contributed by atoms with Gasteiger partial charge in [-0.15, -0.1) is 11.3 Å². The minimum Gasteiger partial charge on any atom is -0.320 e. The summed E-state index contributed by atoms with van der Waals surface area (Å²) >= 11 is 5.31. The molecular weight excluding hydrogens is 294 g/mol. The van der Waals surface area contributed by atoms with E-state index in [0.29, 0.717) is 0 Å². The number of thiophene rings is 1. The van der Waals surface area contributed by atoms with E-state index in [1.165, 1.54) is 26.4 Å². The Hall–Kier alpha value is -0.640. The molecule has 3 heteroatoms. The van der Waals surface area contributed by atoms with Gasteiger partial charge in [-0.2, -0.15) is 0 Å². The van der Waals surface area contributed by atoms with Crippen LogP contribution < -0.4 is 5.73 Å². The van der Waals surface area contributed by atoms with E-state index in [1.54, 1.807) is 11.3 Å². The van der Waals surface area contributed by atoms with E-state index in [2.05, 4.69) is 61.0 Å². The van der Waals surface area contributed by atoms with Gasteiger partial charge in [-0.05, 0) is 49.6 Å². The van der Waals surface area contributed by atoms with Gasteiger partial charge in [0.2, 0.25) is 0 Å². The van der Waals surface area contributed by atoms with Crippen LogP contribution >= 0.6 is 27.3 Å². The lowest BCUT2D eigenvalue weighted by atomic mass is 10.0. The summed E-state index contributed by atoms with van der Waals surface area (Å²) in [6.45, 7) is 6.35. The van der Waals surface area contributed by atoms with Gasteiger partial charge in [0.05, 0.1) is 6.04 Å². The molecule has 0 aliphatic heterocycles. The topological polar surface area (TPSA) is 26.0 Å². The normalized spacial score (nSPS) is 12.8. The second-order valence-corrected chi connectivity index (χ2v) is 6.53. The fourth-order valence-corrected chi connectivity index (χ4v) is 3.29. The molecule has 2 N–H and O–H groups in total. The molecule has 90 valence electrons. The third-order valence-electron chi connectivity index (χ3n) is 2.90. The van der Waals surface area contributed by atoms with Gasteiger partial charge < -0.3 is 5.73 Å². The van der Waals surface area contributed by atoms with E-state index < -0.39 is 0 Å². The fourth-order valence-electron chi connectivity index (χ4n) is 1.98. The highest BCUT2D eigenvalue weighted by molar-refractivity contribution is 9.10. The fraction of sp³-hybridized carbons (Fsp3) is 0.286. The number of hydrogen-bond donors (Lipinski definition) is 1. The number of halogens is 1. The first-order chi connectivity index (χ1) is 7.99. The summed E-state index contributed by atoms with van der Waals surface area (Å²) in [6, 6.07) is 8.51. The van der Waals surface area contributed by atoms with Gasteiger partial charge >= 0.3 is 0 Å². The van der Waals surface area contributed by atoms with Crippen molar-refractivity contribution in [1.82, 2.24) is 0 Å². The smallest absolute Gasteiger partial charge is 0.0648 e. The molecule has 0 bridgehead atoms. The van der Waals surface area contributed by atoms with Gasteiger partial charge in [0.1, 0.15) is 0 Å². The van der Waals surface area contributed by atoms with Crippen LogP contribution in [-0.4, -0.2) is 0 Å². The zero-order valence-corrected chi connectivity index (χ0v) is 12.7. The molecule has 0 aliphatic carbocycles. The Morgan fingerprint density at radius 3 is 2.35 bits per heavy atom. The zero-order chi connectivity index (χ0) is 12.6. The SMILES string of the molecule is Cc1cc(C)c(C(N)c2ccc(Br)c(C)c2)s1. The van der Waals surface area contributed by atoms with Crippen molar-refractivity contribution in [2.45, 2.75) is 26.8 Å². The number of rotatable bonds is 2. The molecule has 1 atom stereocenters. The van der Waals surface area contributed by atoms with E-state index >= 15 is 0 Å². The first-order valence-electron chi connectivity index (χ1n) is 5.57. The molecule has 0 spiro atoms. The summed E-state index contributed by atoms with van der Waals surface area (Å²) < 4.78 is 1.13. The summed E-state index contributed by atoms with van der Waals surface area (Å²) in [4.78, 5) is 2.59. The summed E-state index contributed by atoms with van der Waals surface area (Å²) in [6.07, 6.45) is 0. The second-order valence-electron chi connectivity index (χ2n) is 4.39. The van der Waals surface area contributed by atoms with Crippen molar-refractivity contribution >= 4 is 27.3 Å². The second kappa shape index (κ2) is 4.92. The molecule has 1 aromatic carbocycles. The van der Waals surface area contributed by atoms with E-state index in [9.17, 15) is 0 Å². The summed E-state index contributed by atoms with van der Waals surface area (Å²) in [5, 5.41) is 0. The lowest BCUT2D eigenvalue weighted by Gasteiger charge is -2.13. The van der Waals surface area contributed by atoms with Crippen molar-refractivity contribution < 1.29 is 0 Å². The Morgan fingerprint density at radius 2 is 1.82 bits per heavy atom. The zero-order valence-electron chi connectivity index (χ0n) is 10.3. The van der Waals surface area contributed by atoms with Crippen molar-refractivity contribution in [2.24, 2.45) is 5.73 Å². The standard InChI is InChI=1S/C14H16BrNS/c1-8-7-11(4-5-12(8)15)13(16)14-9(2)6-10(3)17-14/h4-7,13H,16H2,1-3H3. The molecule has 0 aliphatic rings. The van der Waals surface area contributed by atoms with E-state index in [1.807, 2.05) is 0 Å². The van der Waals surface area contributed by atoms with Crippen LogP contribution in [-0.2, 0) is 0 Å². The first-order valence-corrected chi connectivity index (χ1v) is 7.18. The molecule has 0 saturated heterocycles. The quantitative estimate of drug-likeness (QED) is 0.869. The Labute approximate surface area is 115 Å². The van der Waals surface area contributed by atoms with Crippen LogP contribution in [0, 0.1) is 20.8 Å². The van der Waals surface area contributed by atoms with Crippen LogP contribution in [0.5, 0.6) is 0 Å². The highest BCUT2D eigenvalue weighted by Crippen LogP contribution is 2.31. The van der Waals surface area contributed by atoms with Crippen LogP contribution in [0.2, 0.25) is 0 Å². The molecule has 1 unspecified atom stereocenters. The molecule has 2 rings (SSSR count). The monoisotopic (exact) mass is 309 g/mol. The predicted molar refractivity (Wildman–Crippen MR) is 78.7 cm³/mol. The van der Waals surface area contributed by atoms with Gasteiger partial charge in [0.15, 0.2) is 0 Å². The van der Waals surface area contributed by atoms with Crippen molar-refractivity contribution in [1.29, 1.82) is 0 Å². The van der Waals surface area contributed by atoms with Crippen molar-refractivity contribution in [3.63, 3.8) is 0 Å². The van der Waals surface area contributed by atoms with E-state index in [0.717, 1.165) is 4.47 Å². The number of hydrogen-bond acceptors (Lipinski definition) is 2. The highest BCUT2D eigenvalue weighted by atomic mass is 79.9. The minimum atomic E-state index is -0.0134. The summed E-state index contributed by atoms with van der Waals surface area (Å²) in [5.41, 5.74) is 10.0. The molecule has 0 radical (unpaired) electrons. The van der Waals surface area contributed by atoms with Crippen LogP contribution in [0.1, 0.15) is 32.5 Å². The van der Waals surface area contributed by atoms with Crippen molar-refractivity contribution in [2.75, 3.05) is 0 Å². The van der Waals surface area contributed by atoms with Crippen LogP contribution in [0.15, 0.2) is 28.7 Å². The van der Waals surface area contributed by atoms with Gasteiger partial charge in [0, 0.05) is 14.2 Å². The average molecular weight is 310 g/mol. The molecule has 1 aromatic heterocycles. The van der Waals surface area contributed by atoms with Crippen LogP contribution in [0.4, 0.5) is 0 Å². The maximum absolute atomic E-state index is 6.34. The maximum atomic E-state index is 6.34. The Morgan fingerprint density at radius 1 is 1.12 bits per heavy atom. The van der Waals surface area contributed by atoms with Gasteiger partial charge in [-0.25, -0.2) is 0 Å². The van der Waals surface area contributed by atoms with Gasteiger partial charge in [-0.3, -0.25) is 0 Å². The molecule has 17 heavy (non-hydrogen) atoms. The van der Waals surface area contributed by atoms with Crippen LogP contribution in [0.3, 0.4) is 0 Å². The Kier molecular flexibility index (Phi) is 3.71. The lowest BCUT2D eigenvalue weighted by molar-refractivity contribution is 0.882. The molecule has 0 fully saturated rings. The van der Waals surface area contributed by atoms with Crippen LogP contribution in [0.25, 0.3) is 0 Å². The van der Waals surface area contributed by atoms with E-state index in [4.69, 9.17) is 5.73 Å². The first kappa shape index (κ1) is 12.8. The third-order valence-corrected chi connectivity index (χ3v) is 5.03. The van der Waals surface area contributed by atoms with Gasteiger partial charge in [0.25, 0.3) is 0 Å². The molecule has 1 heterocycles. The molecular formula is C14H16BrNS. The number of nitrogens with two attached hydrogens (primary N) is 1. The Bertz CT molecular complexity index is 545. The van der Waals surface area contributed by atoms with E-state index in [-0.39, 0.29) is 6.04 Å². The maximum Gasteiger partial charge on any atom is 0.0648 e.